The molecule has 0 spiro atoms. The molecule has 1 saturated heterocycles. The number of aryl methyl sites for hydroxylation is 1. The maximum Gasteiger partial charge on any atom is 0.261 e. The lowest BCUT2D eigenvalue weighted by atomic mass is 10.2. The molecular formula is C16H21NO4S. The van der Waals surface area contributed by atoms with Crippen molar-refractivity contribution in [3.05, 3.63) is 29.8 Å². The maximum atomic E-state index is 12.5. The van der Waals surface area contributed by atoms with Crippen LogP contribution in [0.4, 0.5) is 0 Å². The molecule has 0 aromatic heterocycles. The molecule has 5 nitrogen and oxygen atoms in total. The van der Waals surface area contributed by atoms with Crippen molar-refractivity contribution in [2.24, 2.45) is 0 Å². The maximum absolute atomic E-state index is 12.5. The summed E-state index contributed by atoms with van der Waals surface area (Å²) in [6.45, 7) is 1.96. The van der Waals surface area contributed by atoms with Gasteiger partial charge in [0.2, 0.25) is 0 Å². The van der Waals surface area contributed by atoms with Crippen molar-refractivity contribution in [2.45, 2.75) is 38.3 Å². The van der Waals surface area contributed by atoms with Crippen LogP contribution >= 0.6 is 0 Å². The zero-order chi connectivity index (χ0) is 15.7. The smallest absolute Gasteiger partial charge is 0.261 e. The van der Waals surface area contributed by atoms with Gasteiger partial charge in [0.15, 0.2) is 16.4 Å². The van der Waals surface area contributed by atoms with E-state index in [0.717, 1.165) is 18.4 Å². The number of hydrogen-bond acceptors (Lipinski definition) is 4. The third kappa shape index (κ3) is 3.61. The lowest BCUT2D eigenvalue weighted by Gasteiger charge is -2.28. The molecule has 1 aliphatic carbocycles. The number of benzene rings is 1. The van der Waals surface area contributed by atoms with Gasteiger partial charge in [-0.25, -0.2) is 8.42 Å². The van der Waals surface area contributed by atoms with E-state index in [1.165, 1.54) is 0 Å². The van der Waals surface area contributed by atoms with Gasteiger partial charge in [-0.05, 0) is 38.3 Å². The highest BCUT2D eigenvalue weighted by Crippen LogP contribution is 2.32. The van der Waals surface area contributed by atoms with E-state index in [-0.39, 0.29) is 36.1 Å². The van der Waals surface area contributed by atoms with Crippen LogP contribution in [-0.2, 0) is 14.6 Å². The number of ether oxygens (including phenoxy) is 1. The van der Waals surface area contributed by atoms with Gasteiger partial charge in [0, 0.05) is 12.1 Å². The summed E-state index contributed by atoms with van der Waals surface area (Å²) in [5, 5.41) is 0. The lowest BCUT2D eigenvalue weighted by molar-refractivity contribution is -0.135. The second-order valence-corrected chi connectivity index (χ2v) is 8.42. The number of amides is 1. The second kappa shape index (κ2) is 5.91. The van der Waals surface area contributed by atoms with Crippen LogP contribution in [0.5, 0.6) is 5.75 Å². The van der Waals surface area contributed by atoms with Gasteiger partial charge < -0.3 is 9.64 Å². The van der Waals surface area contributed by atoms with Gasteiger partial charge in [0.25, 0.3) is 5.91 Å². The molecule has 1 aromatic rings. The summed E-state index contributed by atoms with van der Waals surface area (Å²) in [6.07, 6.45) is 2.48. The molecule has 2 aliphatic rings. The fraction of sp³-hybridized carbons (Fsp3) is 0.562. The van der Waals surface area contributed by atoms with Crippen LogP contribution < -0.4 is 4.74 Å². The first-order valence-electron chi connectivity index (χ1n) is 7.66. The molecule has 2 fully saturated rings. The zero-order valence-corrected chi connectivity index (χ0v) is 13.5. The number of carbonyl (C=O) groups is 1. The molecule has 1 unspecified atom stereocenters. The first-order chi connectivity index (χ1) is 10.4. The summed E-state index contributed by atoms with van der Waals surface area (Å²) in [5.74, 6) is 0.839. The van der Waals surface area contributed by atoms with Crippen molar-refractivity contribution in [3.63, 3.8) is 0 Å². The van der Waals surface area contributed by atoms with Crippen LogP contribution in [0.3, 0.4) is 0 Å². The largest absolute Gasteiger partial charge is 0.484 e. The summed E-state index contributed by atoms with van der Waals surface area (Å²) in [5.41, 5.74) is 1.13. The number of hydrogen-bond donors (Lipinski definition) is 0. The van der Waals surface area contributed by atoms with E-state index in [1.807, 2.05) is 31.2 Å². The Morgan fingerprint density at radius 2 is 1.86 bits per heavy atom. The molecule has 1 heterocycles. The third-order valence-electron chi connectivity index (χ3n) is 4.21. The topological polar surface area (TPSA) is 63.7 Å². The van der Waals surface area contributed by atoms with E-state index in [9.17, 15) is 13.2 Å². The SMILES string of the molecule is Cc1ccc(OCC(=O)N(C2CC2)C2CCS(=O)(=O)C2)cc1. The Hall–Kier alpha value is -1.56. The molecule has 22 heavy (non-hydrogen) atoms. The van der Waals surface area contributed by atoms with E-state index in [1.54, 1.807) is 4.90 Å². The molecule has 1 aromatic carbocycles. The monoisotopic (exact) mass is 323 g/mol. The van der Waals surface area contributed by atoms with Gasteiger partial charge in [0.1, 0.15) is 5.75 Å². The summed E-state index contributed by atoms with van der Waals surface area (Å²) >= 11 is 0. The quantitative estimate of drug-likeness (QED) is 0.825. The van der Waals surface area contributed by atoms with E-state index in [2.05, 4.69) is 0 Å². The van der Waals surface area contributed by atoms with Gasteiger partial charge in [0.05, 0.1) is 11.5 Å². The Morgan fingerprint density at radius 3 is 2.41 bits per heavy atom. The Bertz CT molecular complexity index is 649. The highest BCUT2D eigenvalue weighted by Gasteiger charge is 2.42. The molecule has 120 valence electrons. The number of carbonyl (C=O) groups excluding carboxylic acids is 1. The summed E-state index contributed by atoms with van der Waals surface area (Å²) in [7, 11) is -2.99. The summed E-state index contributed by atoms with van der Waals surface area (Å²) in [4.78, 5) is 14.2. The number of sulfone groups is 1. The van der Waals surface area contributed by atoms with Crippen molar-refractivity contribution < 1.29 is 17.9 Å². The molecule has 6 heteroatoms. The molecule has 3 rings (SSSR count). The van der Waals surface area contributed by atoms with Crippen molar-refractivity contribution in [2.75, 3.05) is 18.1 Å². The third-order valence-corrected chi connectivity index (χ3v) is 5.96. The molecule has 1 aliphatic heterocycles. The first kappa shape index (κ1) is 15.3. The van der Waals surface area contributed by atoms with Crippen LogP contribution in [-0.4, -0.2) is 49.4 Å². The van der Waals surface area contributed by atoms with Crippen LogP contribution in [0.25, 0.3) is 0 Å². The molecule has 0 radical (unpaired) electrons. The zero-order valence-electron chi connectivity index (χ0n) is 12.7. The van der Waals surface area contributed by atoms with Crippen molar-refractivity contribution in [1.29, 1.82) is 0 Å². The van der Waals surface area contributed by atoms with E-state index >= 15 is 0 Å². The lowest BCUT2D eigenvalue weighted by Crippen LogP contribution is -2.45. The van der Waals surface area contributed by atoms with Crippen LogP contribution in [0.15, 0.2) is 24.3 Å². The fourth-order valence-electron chi connectivity index (χ4n) is 2.91. The van der Waals surface area contributed by atoms with Gasteiger partial charge in [-0.2, -0.15) is 0 Å². The molecule has 1 saturated carbocycles. The molecule has 0 N–H and O–H groups in total. The van der Waals surface area contributed by atoms with Crippen molar-refractivity contribution in [3.8, 4) is 5.75 Å². The minimum absolute atomic E-state index is 0.0316. The normalized spacial score (nSPS) is 23.2. The molecule has 0 bridgehead atoms. The highest BCUT2D eigenvalue weighted by molar-refractivity contribution is 7.91. The van der Waals surface area contributed by atoms with Crippen LogP contribution in [0, 0.1) is 6.92 Å². The Balaban J connectivity index is 1.62. The Kier molecular flexibility index (Phi) is 4.12. The number of rotatable bonds is 5. The standard InChI is InChI=1S/C16H21NO4S/c1-12-2-6-15(7-3-12)21-10-16(18)17(13-4-5-13)14-8-9-22(19,20)11-14/h2-3,6-7,13-14H,4-5,8-11H2,1H3. The van der Waals surface area contributed by atoms with Gasteiger partial charge in [-0.1, -0.05) is 17.7 Å². The van der Waals surface area contributed by atoms with E-state index in [0.29, 0.717) is 12.2 Å². The second-order valence-electron chi connectivity index (χ2n) is 6.19. The summed E-state index contributed by atoms with van der Waals surface area (Å²) < 4.78 is 28.9. The molecule has 1 amide bonds. The minimum atomic E-state index is -2.99. The minimum Gasteiger partial charge on any atom is -0.484 e. The number of nitrogens with zero attached hydrogens (tertiary/aromatic N) is 1. The van der Waals surface area contributed by atoms with Crippen LogP contribution in [0.1, 0.15) is 24.8 Å². The van der Waals surface area contributed by atoms with Crippen molar-refractivity contribution >= 4 is 15.7 Å². The van der Waals surface area contributed by atoms with Crippen molar-refractivity contribution in [1.82, 2.24) is 4.90 Å². The van der Waals surface area contributed by atoms with Crippen LogP contribution in [0.2, 0.25) is 0 Å². The Labute approximate surface area is 131 Å². The van der Waals surface area contributed by atoms with E-state index in [4.69, 9.17) is 4.74 Å². The predicted molar refractivity (Wildman–Crippen MR) is 83.6 cm³/mol. The van der Waals surface area contributed by atoms with Gasteiger partial charge >= 0.3 is 0 Å². The first-order valence-corrected chi connectivity index (χ1v) is 9.48. The molecule has 1 atom stereocenters. The predicted octanol–water partition coefficient (Wildman–Crippen LogP) is 1.55. The highest BCUT2D eigenvalue weighted by atomic mass is 32.2. The van der Waals surface area contributed by atoms with Gasteiger partial charge in [-0.3, -0.25) is 4.79 Å². The van der Waals surface area contributed by atoms with Gasteiger partial charge in [-0.15, -0.1) is 0 Å². The Morgan fingerprint density at radius 1 is 1.18 bits per heavy atom. The average Bonchev–Trinajstić information content (AvgIpc) is 3.23. The fourth-order valence-corrected chi connectivity index (χ4v) is 4.62. The average molecular weight is 323 g/mol. The summed E-state index contributed by atoms with van der Waals surface area (Å²) in [6, 6.07) is 7.57. The van der Waals surface area contributed by atoms with E-state index < -0.39 is 9.84 Å². The molecular weight excluding hydrogens is 302 g/mol.